The highest BCUT2D eigenvalue weighted by Crippen LogP contribution is 2.25. The minimum absolute atomic E-state index is 0.0406. The molecule has 3 rings (SSSR count). The van der Waals surface area contributed by atoms with Gasteiger partial charge >= 0.3 is 6.03 Å². The molecule has 1 aromatic carbocycles. The maximum Gasteiger partial charge on any atom is 0.322 e. The van der Waals surface area contributed by atoms with E-state index in [1.807, 2.05) is 4.90 Å². The van der Waals surface area contributed by atoms with Crippen molar-refractivity contribution in [2.24, 2.45) is 5.92 Å². The van der Waals surface area contributed by atoms with E-state index in [1.54, 1.807) is 11.8 Å². The van der Waals surface area contributed by atoms with Crippen molar-refractivity contribution in [2.45, 2.75) is 18.9 Å². The Labute approximate surface area is 167 Å². The van der Waals surface area contributed by atoms with E-state index in [1.165, 1.54) is 19.2 Å². The van der Waals surface area contributed by atoms with Gasteiger partial charge in [-0.05, 0) is 18.6 Å². The molecule has 8 nitrogen and oxygen atoms in total. The van der Waals surface area contributed by atoms with Crippen molar-refractivity contribution < 1.29 is 27.9 Å². The van der Waals surface area contributed by atoms with E-state index in [4.69, 9.17) is 4.74 Å². The highest BCUT2D eigenvalue weighted by atomic mass is 19.1. The summed E-state index contributed by atoms with van der Waals surface area (Å²) in [7, 11) is 1.42. The minimum Gasteiger partial charge on any atom is -0.382 e. The topological polar surface area (TPSA) is 91.0 Å². The summed E-state index contributed by atoms with van der Waals surface area (Å²) >= 11 is 0. The molecule has 2 atom stereocenters. The van der Waals surface area contributed by atoms with Crippen LogP contribution < -0.4 is 15.5 Å². The Kier molecular flexibility index (Phi) is 6.02. The number of nitrogens with zero attached hydrogens (tertiary/aromatic N) is 2. The first-order valence-corrected chi connectivity index (χ1v) is 9.36. The minimum atomic E-state index is -1.28. The van der Waals surface area contributed by atoms with E-state index in [0.717, 1.165) is 6.07 Å². The van der Waals surface area contributed by atoms with Crippen LogP contribution in [0.3, 0.4) is 0 Å². The number of nitrogens with one attached hydrogen (secondary N) is 2. The molecule has 0 bridgehead atoms. The SMILES string of the molecule is COCC1(CC(C)C(=O)N2CCN(c3cc(F)cc(F)c3)CC2)NC(=O)NC1=O. The van der Waals surface area contributed by atoms with Crippen LogP contribution in [0, 0.1) is 17.6 Å². The van der Waals surface area contributed by atoms with Gasteiger partial charge in [-0.3, -0.25) is 14.9 Å². The summed E-state index contributed by atoms with van der Waals surface area (Å²) in [4.78, 5) is 40.1. The van der Waals surface area contributed by atoms with Gasteiger partial charge in [0.15, 0.2) is 0 Å². The second-order valence-electron chi connectivity index (χ2n) is 7.47. The summed E-state index contributed by atoms with van der Waals surface area (Å²) in [5.41, 5.74) is -0.839. The molecule has 2 N–H and O–H groups in total. The number of carbonyl (C=O) groups is 3. The van der Waals surface area contributed by atoms with E-state index in [-0.39, 0.29) is 18.9 Å². The number of hydrogen-bond acceptors (Lipinski definition) is 5. The second-order valence-corrected chi connectivity index (χ2v) is 7.47. The van der Waals surface area contributed by atoms with Crippen LogP contribution in [-0.2, 0) is 14.3 Å². The molecule has 0 saturated carbocycles. The summed E-state index contributed by atoms with van der Waals surface area (Å²) in [6, 6.07) is 2.74. The molecule has 2 saturated heterocycles. The molecule has 0 aromatic heterocycles. The molecule has 4 amide bonds. The number of anilines is 1. The number of halogens is 2. The van der Waals surface area contributed by atoms with Gasteiger partial charge in [-0.1, -0.05) is 6.92 Å². The highest BCUT2D eigenvalue weighted by Gasteiger charge is 2.48. The van der Waals surface area contributed by atoms with Gasteiger partial charge in [0, 0.05) is 51.0 Å². The molecule has 0 radical (unpaired) electrons. The Morgan fingerprint density at radius 1 is 1.17 bits per heavy atom. The molecule has 2 aliphatic rings. The number of ether oxygens (including phenoxy) is 1. The zero-order valence-corrected chi connectivity index (χ0v) is 16.3. The Bertz CT molecular complexity index is 793. The quantitative estimate of drug-likeness (QED) is 0.679. The Hall–Kier alpha value is -2.75. The number of amides is 4. The number of urea groups is 1. The molecular weight excluding hydrogens is 386 g/mol. The number of piperazine rings is 1. The molecule has 2 heterocycles. The maximum atomic E-state index is 13.4. The monoisotopic (exact) mass is 410 g/mol. The summed E-state index contributed by atoms with van der Waals surface area (Å²) in [6.07, 6.45) is 0.104. The van der Waals surface area contributed by atoms with Gasteiger partial charge in [-0.15, -0.1) is 0 Å². The van der Waals surface area contributed by atoms with Crippen molar-refractivity contribution in [2.75, 3.05) is 44.8 Å². The van der Waals surface area contributed by atoms with E-state index < -0.39 is 35.0 Å². The van der Waals surface area contributed by atoms with E-state index in [9.17, 15) is 23.2 Å². The average Bonchev–Trinajstić information content (AvgIpc) is 2.93. The predicted molar refractivity (Wildman–Crippen MR) is 100 cm³/mol. The van der Waals surface area contributed by atoms with Crippen molar-refractivity contribution in [3.05, 3.63) is 29.8 Å². The molecular formula is C19H24F2N4O4. The van der Waals surface area contributed by atoms with E-state index >= 15 is 0 Å². The molecule has 0 spiro atoms. The third-order valence-electron chi connectivity index (χ3n) is 5.29. The van der Waals surface area contributed by atoms with Crippen molar-refractivity contribution in [3.63, 3.8) is 0 Å². The fourth-order valence-electron chi connectivity index (χ4n) is 3.91. The summed E-state index contributed by atoms with van der Waals surface area (Å²) in [5, 5.41) is 4.76. The Morgan fingerprint density at radius 2 is 1.79 bits per heavy atom. The first kappa shape index (κ1) is 21.0. The fourth-order valence-corrected chi connectivity index (χ4v) is 3.91. The van der Waals surface area contributed by atoms with Gasteiger partial charge in [0.1, 0.15) is 17.2 Å². The van der Waals surface area contributed by atoms with E-state index in [0.29, 0.717) is 31.9 Å². The number of methoxy groups -OCH3 is 1. The standard InChI is InChI=1S/C19H24F2N4O4/c1-12(10-19(11-29-2)17(27)22-18(28)23-19)16(26)25-5-3-24(4-6-25)15-8-13(20)7-14(21)9-15/h7-9,12H,3-6,10-11H2,1-2H3,(H2,22,23,27,28). The van der Waals surface area contributed by atoms with Crippen LogP contribution in [-0.4, -0.2) is 68.2 Å². The molecule has 29 heavy (non-hydrogen) atoms. The van der Waals surface area contributed by atoms with Crippen molar-refractivity contribution in [1.29, 1.82) is 0 Å². The molecule has 10 heteroatoms. The summed E-state index contributed by atoms with van der Waals surface area (Å²) in [5.74, 6) is -2.49. The van der Waals surface area contributed by atoms with Gasteiger partial charge in [-0.25, -0.2) is 13.6 Å². The molecule has 1 aromatic rings. The van der Waals surface area contributed by atoms with Crippen molar-refractivity contribution in [3.8, 4) is 0 Å². The summed E-state index contributed by atoms with van der Waals surface area (Å²) in [6.45, 7) is 3.30. The number of imide groups is 1. The van der Waals surface area contributed by atoms with E-state index in [2.05, 4.69) is 10.6 Å². The molecule has 2 aliphatic heterocycles. The van der Waals surface area contributed by atoms with Crippen LogP contribution in [0.1, 0.15) is 13.3 Å². The van der Waals surface area contributed by atoms with Gasteiger partial charge < -0.3 is 19.9 Å². The largest absolute Gasteiger partial charge is 0.382 e. The van der Waals surface area contributed by atoms with Crippen molar-refractivity contribution >= 4 is 23.5 Å². The van der Waals surface area contributed by atoms with Crippen LogP contribution >= 0.6 is 0 Å². The van der Waals surface area contributed by atoms with Gasteiger partial charge in [-0.2, -0.15) is 0 Å². The first-order valence-electron chi connectivity index (χ1n) is 9.36. The molecule has 2 unspecified atom stereocenters. The number of carbonyl (C=O) groups excluding carboxylic acids is 3. The van der Waals surface area contributed by atoms with Crippen LogP contribution in [0.4, 0.5) is 19.3 Å². The number of rotatable bonds is 6. The number of benzene rings is 1. The second kappa shape index (κ2) is 8.32. The lowest BCUT2D eigenvalue weighted by Crippen LogP contribution is -2.55. The van der Waals surface area contributed by atoms with Crippen LogP contribution in [0.15, 0.2) is 18.2 Å². The van der Waals surface area contributed by atoms with Crippen molar-refractivity contribution in [1.82, 2.24) is 15.5 Å². The van der Waals surface area contributed by atoms with Gasteiger partial charge in [0.05, 0.1) is 6.61 Å². The third kappa shape index (κ3) is 4.47. The Balaban J connectivity index is 1.61. The lowest BCUT2D eigenvalue weighted by atomic mass is 9.88. The average molecular weight is 410 g/mol. The summed E-state index contributed by atoms with van der Waals surface area (Å²) < 4.78 is 32.0. The lowest BCUT2D eigenvalue weighted by Gasteiger charge is -2.38. The van der Waals surface area contributed by atoms with Crippen LogP contribution in [0.25, 0.3) is 0 Å². The highest BCUT2D eigenvalue weighted by molar-refractivity contribution is 6.07. The van der Waals surface area contributed by atoms with Crippen LogP contribution in [0.2, 0.25) is 0 Å². The van der Waals surface area contributed by atoms with Gasteiger partial charge in [0.25, 0.3) is 5.91 Å². The Morgan fingerprint density at radius 3 is 2.31 bits per heavy atom. The lowest BCUT2D eigenvalue weighted by molar-refractivity contribution is -0.137. The molecule has 158 valence electrons. The predicted octanol–water partition coefficient (Wildman–Crippen LogP) is 0.864. The van der Waals surface area contributed by atoms with Crippen LogP contribution in [0.5, 0.6) is 0 Å². The zero-order chi connectivity index (χ0) is 21.2. The third-order valence-corrected chi connectivity index (χ3v) is 5.29. The zero-order valence-electron chi connectivity index (χ0n) is 16.3. The maximum absolute atomic E-state index is 13.4. The normalized spacial score (nSPS) is 23.0. The fraction of sp³-hybridized carbons (Fsp3) is 0.526. The number of hydrogen-bond donors (Lipinski definition) is 2. The molecule has 0 aliphatic carbocycles. The first-order chi connectivity index (χ1) is 13.7. The van der Waals surface area contributed by atoms with Gasteiger partial charge in [0.2, 0.25) is 5.91 Å². The smallest absolute Gasteiger partial charge is 0.322 e. The molecule has 2 fully saturated rings.